The molecule has 0 atom stereocenters. The molecule has 0 fully saturated rings. The first-order valence-corrected chi connectivity index (χ1v) is 6.06. The number of carboxylic acid groups (broad SMARTS) is 1. The van der Waals surface area contributed by atoms with Gasteiger partial charge in [-0.3, -0.25) is 9.48 Å². The van der Waals surface area contributed by atoms with E-state index in [0.29, 0.717) is 18.8 Å². The SMILES string of the molecule is Cn1cnc(CCNC(=O)Cn2cccc2C(=O)O)n1. The number of carboxylic acids is 1. The second kappa shape index (κ2) is 6.00. The second-order valence-corrected chi connectivity index (χ2v) is 4.26. The highest BCUT2D eigenvalue weighted by molar-refractivity contribution is 5.86. The van der Waals surface area contributed by atoms with E-state index < -0.39 is 5.97 Å². The first kappa shape index (κ1) is 13.8. The van der Waals surface area contributed by atoms with Gasteiger partial charge in [0.05, 0.1) is 0 Å². The van der Waals surface area contributed by atoms with E-state index in [-0.39, 0.29) is 18.1 Å². The summed E-state index contributed by atoms with van der Waals surface area (Å²) < 4.78 is 2.98. The molecule has 2 rings (SSSR count). The summed E-state index contributed by atoms with van der Waals surface area (Å²) in [6, 6.07) is 3.04. The van der Waals surface area contributed by atoms with E-state index >= 15 is 0 Å². The third-order valence-electron chi connectivity index (χ3n) is 2.68. The molecule has 8 heteroatoms. The Morgan fingerprint density at radius 3 is 2.90 bits per heavy atom. The molecule has 8 nitrogen and oxygen atoms in total. The number of aromatic carboxylic acids is 1. The number of carbonyl (C=O) groups is 2. The van der Waals surface area contributed by atoms with Gasteiger partial charge in [-0.05, 0) is 12.1 Å². The maximum absolute atomic E-state index is 11.7. The Hall–Kier alpha value is -2.64. The van der Waals surface area contributed by atoms with Crippen molar-refractivity contribution in [1.29, 1.82) is 0 Å². The monoisotopic (exact) mass is 277 g/mol. The average molecular weight is 277 g/mol. The van der Waals surface area contributed by atoms with Gasteiger partial charge in [0.15, 0.2) is 5.82 Å². The molecule has 0 unspecified atom stereocenters. The highest BCUT2D eigenvalue weighted by Crippen LogP contribution is 2.01. The van der Waals surface area contributed by atoms with Gasteiger partial charge in [-0.25, -0.2) is 9.78 Å². The van der Waals surface area contributed by atoms with Gasteiger partial charge in [-0.2, -0.15) is 5.10 Å². The van der Waals surface area contributed by atoms with E-state index in [1.165, 1.54) is 10.6 Å². The first-order chi connectivity index (χ1) is 9.56. The number of hydrogen-bond acceptors (Lipinski definition) is 4. The number of hydrogen-bond donors (Lipinski definition) is 2. The third kappa shape index (κ3) is 3.44. The minimum absolute atomic E-state index is 0.0235. The molecule has 20 heavy (non-hydrogen) atoms. The molecule has 1 amide bonds. The van der Waals surface area contributed by atoms with Crippen LogP contribution in [0.1, 0.15) is 16.3 Å². The maximum atomic E-state index is 11.7. The number of rotatable bonds is 6. The number of nitrogens with zero attached hydrogens (tertiary/aromatic N) is 4. The fourth-order valence-corrected chi connectivity index (χ4v) is 1.77. The normalized spacial score (nSPS) is 10.4. The summed E-state index contributed by atoms with van der Waals surface area (Å²) in [7, 11) is 1.77. The molecular formula is C12H15N5O3. The fourth-order valence-electron chi connectivity index (χ4n) is 1.77. The molecule has 0 spiro atoms. The first-order valence-electron chi connectivity index (χ1n) is 6.06. The number of nitrogens with one attached hydrogen (secondary N) is 1. The molecule has 2 N–H and O–H groups in total. The summed E-state index contributed by atoms with van der Waals surface area (Å²) in [5, 5.41) is 15.7. The summed E-state index contributed by atoms with van der Waals surface area (Å²) in [6.07, 6.45) is 3.68. The molecule has 0 aliphatic rings. The number of aryl methyl sites for hydroxylation is 1. The third-order valence-corrected chi connectivity index (χ3v) is 2.68. The quantitative estimate of drug-likeness (QED) is 0.753. The Morgan fingerprint density at radius 1 is 1.45 bits per heavy atom. The topological polar surface area (TPSA) is 102 Å². The predicted molar refractivity (Wildman–Crippen MR) is 69.1 cm³/mol. The molecule has 2 aromatic heterocycles. The second-order valence-electron chi connectivity index (χ2n) is 4.26. The van der Waals surface area contributed by atoms with Crippen LogP contribution < -0.4 is 5.32 Å². The van der Waals surface area contributed by atoms with Crippen molar-refractivity contribution in [3.63, 3.8) is 0 Å². The lowest BCUT2D eigenvalue weighted by molar-refractivity contribution is -0.121. The molecule has 0 saturated carbocycles. The van der Waals surface area contributed by atoms with E-state index in [4.69, 9.17) is 5.11 Å². The summed E-state index contributed by atoms with van der Waals surface area (Å²) in [5.74, 6) is -0.653. The Morgan fingerprint density at radius 2 is 2.25 bits per heavy atom. The lowest BCUT2D eigenvalue weighted by Crippen LogP contribution is -2.30. The zero-order valence-corrected chi connectivity index (χ0v) is 11.0. The van der Waals surface area contributed by atoms with E-state index in [1.54, 1.807) is 30.3 Å². The maximum Gasteiger partial charge on any atom is 0.352 e. The zero-order valence-electron chi connectivity index (χ0n) is 11.0. The smallest absolute Gasteiger partial charge is 0.352 e. The van der Waals surface area contributed by atoms with Crippen molar-refractivity contribution in [2.24, 2.45) is 7.05 Å². The molecule has 0 saturated heterocycles. The van der Waals surface area contributed by atoms with E-state index in [9.17, 15) is 9.59 Å². The van der Waals surface area contributed by atoms with E-state index in [1.807, 2.05) is 0 Å². The average Bonchev–Trinajstić information content (AvgIpc) is 2.98. The van der Waals surface area contributed by atoms with Crippen LogP contribution in [0.25, 0.3) is 0 Å². The minimum Gasteiger partial charge on any atom is -0.477 e. The van der Waals surface area contributed by atoms with Crippen molar-refractivity contribution in [1.82, 2.24) is 24.6 Å². The molecule has 106 valence electrons. The van der Waals surface area contributed by atoms with Crippen molar-refractivity contribution in [3.8, 4) is 0 Å². The summed E-state index contributed by atoms with van der Waals surface area (Å²) >= 11 is 0. The largest absolute Gasteiger partial charge is 0.477 e. The van der Waals surface area contributed by atoms with Gasteiger partial charge in [0.25, 0.3) is 0 Å². The van der Waals surface area contributed by atoms with Gasteiger partial charge in [0.2, 0.25) is 5.91 Å². The Kier molecular flexibility index (Phi) is 4.14. The number of aromatic nitrogens is 4. The molecule has 2 heterocycles. The lowest BCUT2D eigenvalue weighted by atomic mass is 10.4. The van der Waals surface area contributed by atoms with Crippen LogP contribution in [-0.2, 0) is 24.8 Å². The van der Waals surface area contributed by atoms with Gasteiger partial charge >= 0.3 is 5.97 Å². The highest BCUT2D eigenvalue weighted by atomic mass is 16.4. The summed E-state index contributed by atoms with van der Waals surface area (Å²) in [5.41, 5.74) is 0.0894. The standard InChI is InChI=1S/C12H15N5O3/c1-16-8-14-10(15-16)4-5-13-11(18)7-17-6-2-3-9(17)12(19)20/h2-3,6,8H,4-5,7H2,1H3,(H,13,18)(H,19,20). The highest BCUT2D eigenvalue weighted by Gasteiger charge is 2.11. The Balaban J connectivity index is 1.80. The van der Waals surface area contributed by atoms with Crippen LogP contribution in [-0.4, -0.2) is 42.9 Å². The van der Waals surface area contributed by atoms with Gasteiger partial charge in [0.1, 0.15) is 18.6 Å². The van der Waals surface area contributed by atoms with Crippen LogP contribution >= 0.6 is 0 Å². The van der Waals surface area contributed by atoms with Gasteiger partial charge in [-0.1, -0.05) is 0 Å². The molecule has 0 aliphatic carbocycles. The van der Waals surface area contributed by atoms with Crippen molar-refractivity contribution in [2.45, 2.75) is 13.0 Å². The molecular weight excluding hydrogens is 262 g/mol. The number of amides is 1. The molecule has 2 aromatic rings. The van der Waals surface area contributed by atoms with Gasteiger partial charge in [0, 0.05) is 26.2 Å². The van der Waals surface area contributed by atoms with Gasteiger partial charge < -0.3 is 15.0 Å². The lowest BCUT2D eigenvalue weighted by Gasteiger charge is -2.07. The Labute approximate surface area is 115 Å². The fraction of sp³-hybridized carbons (Fsp3) is 0.333. The zero-order chi connectivity index (χ0) is 14.5. The van der Waals surface area contributed by atoms with Crippen LogP contribution in [0.5, 0.6) is 0 Å². The van der Waals surface area contributed by atoms with Crippen molar-refractivity contribution in [3.05, 3.63) is 36.2 Å². The summed E-state index contributed by atoms with van der Waals surface area (Å²) in [6.45, 7) is 0.386. The van der Waals surface area contributed by atoms with Gasteiger partial charge in [-0.15, -0.1) is 0 Å². The van der Waals surface area contributed by atoms with E-state index in [0.717, 1.165) is 0 Å². The van der Waals surface area contributed by atoms with Crippen molar-refractivity contribution >= 4 is 11.9 Å². The van der Waals surface area contributed by atoms with Crippen LogP contribution in [0.2, 0.25) is 0 Å². The predicted octanol–water partition coefficient (Wildman–Crippen LogP) is -0.326. The van der Waals surface area contributed by atoms with E-state index in [2.05, 4.69) is 15.4 Å². The number of carbonyl (C=O) groups excluding carboxylic acids is 1. The molecule has 0 aliphatic heterocycles. The molecule has 0 radical (unpaired) electrons. The Bertz CT molecular complexity index is 616. The molecule has 0 bridgehead atoms. The van der Waals surface area contributed by atoms with Crippen LogP contribution in [0.3, 0.4) is 0 Å². The molecule has 0 aromatic carbocycles. The minimum atomic E-state index is -1.06. The van der Waals surface area contributed by atoms with Crippen molar-refractivity contribution < 1.29 is 14.7 Å². The summed E-state index contributed by atoms with van der Waals surface area (Å²) in [4.78, 5) is 26.6. The van der Waals surface area contributed by atoms with Crippen LogP contribution in [0, 0.1) is 0 Å². The van der Waals surface area contributed by atoms with Crippen LogP contribution in [0.15, 0.2) is 24.7 Å². The van der Waals surface area contributed by atoms with Crippen molar-refractivity contribution in [2.75, 3.05) is 6.54 Å². The van der Waals surface area contributed by atoms with Crippen LogP contribution in [0.4, 0.5) is 0 Å².